The number of nitrogens with zero attached hydrogens (tertiary/aromatic N) is 1. The molecule has 2 aromatic carbocycles. The number of carbonyl (C=O) groups is 1. The van der Waals surface area contributed by atoms with Crippen LogP contribution >= 0.6 is 34.2 Å². The summed E-state index contributed by atoms with van der Waals surface area (Å²) < 4.78 is 6.29. The lowest BCUT2D eigenvalue weighted by atomic mass is 10.2. The molecule has 0 radical (unpaired) electrons. The number of benzene rings is 2. The second-order valence-corrected chi connectivity index (χ2v) is 6.08. The van der Waals surface area contributed by atoms with Crippen LogP contribution in [0.2, 0.25) is 5.02 Å². The van der Waals surface area contributed by atoms with Gasteiger partial charge < -0.3 is 4.74 Å². The van der Waals surface area contributed by atoms with Gasteiger partial charge in [0.05, 0.1) is 0 Å². The van der Waals surface area contributed by atoms with Gasteiger partial charge in [0.1, 0.15) is 0 Å². The number of cyclic esters (lactones) is 1. The molecule has 0 spiro atoms. The molecule has 2 aromatic rings. The van der Waals surface area contributed by atoms with Gasteiger partial charge in [0.2, 0.25) is 5.90 Å². The summed E-state index contributed by atoms with van der Waals surface area (Å²) in [4.78, 5) is 16.1. The van der Waals surface area contributed by atoms with E-state index >= 15 is 0 Å². The molecule has 0 saturated carbocycles. The lowest BCUT2D eigenvalue weighted by Gasteiger charge is -1.98. The number of rotatable bonds is 2. The fraction of sp³-hybridized carbons (Fsp3) is 0. The summed E-state index contributed by atoms with van der Waals surface area (Å²) in [6.07, 6.45) is 1.71. The minimum absolute atomic E-state index is 0.277. The summed E-state index contributed by atoms with van der Waals surface area (Å²) in [6, 6.07) is 14.8. The third-order valence-corrected chi connectivity index (χ3v) is 3.75. The fourth-order valence-electron chi connectivity index (χ4n) is 1.91. The Balaban J connectivity index is 1.95. The van der Waals surface area contributed by atoms with Crippen molar-refractivity contribution in [3.8, 4) is 0 Å². The first kappa shape index (κ1) is 14.3. The Labute approximate surface area is 140 Å². The molecule has 21 heavy (non-hydrogen) atoms. The van der Waals surface area contributed by atoms with Crippen molar-refractivity contribution in [1.29, 1.82) is 0 Å². The van der Waals surface area contributed by atoms with Gasteiger partial charge in [-0.25, -0.2) is 9.79 Å². The van der Waals surface area contributed by atoms with E-state index in [2.05, 4.69) is 27.6 Å². The Morgan fingerprint density at radius 1 is 1.14 bits per heavy atom. The van der Waals surface area contributed by atoms with Crippen LogP contribution in [0.4, 0.5) is 0 Å². The molecule has 3 rings (SSSR count). The molecule has 0 aromatic heterocycles. The van der Waals surface area contributed by atoms with Gasteiger partial charge in [-0.3, -0.25) is 0 Å². The van der Waals surface area contributed by atoms with E-state index in [-0.39, 0.29) is 11.6 Å². The van der Waals surface area contributed by atoms with Crippen molar-refractivity contribution >= 4 is 52.1 Å². The number of ether oxygens (including phenoxy) is 1. The van der Waals surface area contributed by atoms with Gasteiger partial charge in [-0.15, -0.1) is 0 Å². The smallest absolute Gasteiger partial charge is 0.363 e. The molecule has 0 fully saturated rings. The highest BCUT2D eigenvalue weighted by atomic mass is 127. The molecule has 104 valence electrons. The van der Waals surface area contributed by atoms with E-state index in [0.717, 1.165) is 9.13 Å². The number of hydrogen-bond acceptors (Lipinski definition) is 3. The summed E-state index contributed by atoms with van der Waals surface area (Å²) in [6.45, 7) is 0. The Morgan fingerprint density at radius 2 is 1.95 bits per heavy atom. The van der Waals surface area contributed by atoms with E-state index in [1.54, 1.807) is 30.3 Å². The van der Waals surface area contributed by atoms with Crippen LogP contribution in [0.25, 0.3) is 6.08 Å². The molecule has 1 heterocycles. The summed E-state index contributed by atoms with van der Waals surface area (Å²) in [5, 5.41) is 0.571. The Morgan fingerprint density at radius 3 is 2.71 bits per heavy atom. The molecule has 1 aliphatic heterocycles. The van der Waals surface area contributed by atoms with Crippen molar-refractivity contribution in [2.75, 3.05) is 0 Å². The van der Waals surface area contributed by atoms with E-state index in [0.29, 0.717) is 10.6 Å². The second-order valence-electron chi connectivity index (χ2n) is 4.40. The van der Waals surface area contributed by atoms with E-state index in [9.17, 15) is 4.79 Å². The first-order valence-electron chi connectivity index (χ1n) is 6.16. The van der Waals surface area contributed by atoms with Gasteiger partial charge in [-0.05, 0) is 64.6 Å². The van der Waals surface area contributed by atoms with Crippen molar-refractivity contribution in [2.24, 2.45) is 4.99 Å². The summed E-state index contributed by atoms with van der Waals surface area (Å²) in [5.74, 6) is -0.178. The molecule has 0 bridgehead atoms. The molecular weight excluding hydrogens is 401 g/mol. The van der Waals surface area contributed by atoms with Crippen molar-refractivity contribution < 1.29 is 9.53 Å². The summed E-state index contributed by atoms with van der Waals surface area (Å²) in [5.41, 5.74) is 1.87. The van der Waals surface area contributed by atoms with Gasteiger partial charge in [0.25, 0.3) is 0 Å². The van der Waals surface area contributed by atoms with Crippen LogP contribution in [0.5, 0.6) is 0 Å². The largest absolute Gasteiger partial charge is 0.402 e. The fourth-order valence-corrected chi connectivity index (χ4v) is 2.67. The van der Waals surface area contributed by atoms with Gasteiger partial charge in [0, 0.05) is 14.2 Å². The van der Waals surface area contributed by atoms with Crippen molar-refractivity contribution in [1.82, 2.24) is 0 Å². The summed E-state index contributed by atoms with van der Waals surface area (Å²) in [7, 11) is 0. The zero-order chi connectivity index (χ0) is 14.8. The van der Waals surface area contributed by atoms with E-state index in [1.807, 2.05) is 24.3 Å². The van der Waals surface area contributed by atoms with Crippen LogP contribution < -0.4 is 0 Å². The summed E-state index contributed by atoms with van der Waals surface area (Å²) >= 11 is 8.15. The average Bonchev–Trinajstić information content (AvgIpc) is 2.80. The van der Waals surface area contributed by atoms with E-state index in [1.165, 1.54) is 0 Å². The first-order valence-corrected chi connectivity index (χ1v) is 7.61. The van der Waals surface area contributed by atoms with Gasteiger partial charge in [0.15, 0.2) is 5.70 Å². The first-order chi connectivity index (χ1) is 10.1. The molecule has 5 heteroatoms. The zero-order valence-corrected chi connectivity index (χ0v) is 13.6. The monoisotopic (exact) mass is 409 g/mol. The third-order valence-electron chi connectivity index (χ3n) is 2.84. The molecule has 0 aliphatic carbocycles. The maximum Gasteiger partial charge on any atom is 0.363 e. The molecular formula is C16H9ClINO2. The zero-order valence-electron chi connectivity index (χ0n) is 10.7. The molecule has 0 unspecified atom stereocenters. The number of aliphatic imine (C=N–C) groups is 1. The minimum atomic E-state index is -0.455. The molecule has 0 saturated heterocycles. The highest BCUT2D eigenvalue weighted by Crippen LogP contribution is 2.21. The van der Waals surface area contributed by atoms with Crippen molar-refractivity contribution in [3.63, 3.8) is 0 Å². The highest BCUT2D eigenvalue weighted by Gasteiger charge is 2.24. The van der Waals surface area contributed by atoms with E-state index < -0.39 is 5.97 Å². The number of hydrogen-bond donors (Lipinski definition) is 0. The normalized spacial score (nSPS) is 16.0. The number of esters is 1. The molecule has 0 atom stereocenters. The van der Waals surface area contributed by atoms with Crippen LogP contribution in [-0.2, 0) is 9.53 Å². The average molecular weight is 410 g/mol. The van der Waals surface area contributed by atoms with Crippen molar-refractivity contribution in [3.05, 3.63) is 73.9 Å². The maximum absolute atomic E-state index is 11.9. The topological polar surface area (TPSA) is 38.7 Å². The van der Waals surface area contributed by atoms with Gasteiger partial charge >= 0.3 is 5.97 Å². The third kappa shape index (κ3) is 3.33. The quantitative estimate of drug-likeness (QED) is 0.422. The van der Waals surface area contributed by atoms with Crippen LogP contribution in [0.3, 0.4) is 0 Å². The van der Waals surface area contributed by atoms with Gasteiger partial charge in [-0.1, -0.05) is 29.8 Å². The predicted molar refractivity (Wildman–Crippen MR) is 91.2 cm³/mol. The van der Waals surface area contributed by atoms with Crippen molar-refractivity contribution in [2.45, 2.75) is 0 Å². The van der Waals surface area contributed by atoms with Crippen LogP contribution in [-0.4, -0.2) is 11.9 Å². The maximum atomic E-state index is 11.9. The standard InChI is InChI=1S/C16H9ClINO2/c17-12-5-2-4-11(9-12)15-19-14(16(20)21-15)8-10-3-1-6-13(18)7-10/h1-9H. The van der Waals surface area contributed by atoms with Crippen LogP contribution in [0, 0.1) is 3.57 Å². The highest BCUT2D eigenvalue weighted by molar-refractivity contribution is 14.1. The predicted octanol–water partition coefficient (Wildman–Crippen LogP) is 4.29. The minimum Gasteiger partial charge on any atom is -0.402 e. The number of carbonyl (C=O) groups excluding carboxylic acids is 1. The molecule has 0 N–H and O–H groups in total. The second kappa shape index (κ2) is 5.99. The molecule has 1 aliphatic rings. The molecule has 0 amide bonds. The lowest BCUT2D eigenvalue weighted by Crippen LogP contribution is -2.05. The van der Waals surface area contributed by atoms with Crippen LogP contribution in [0.15, 0.2) is 59.2 Å². The Bertz CT molecular complexity index is 783. The molecule has 3 nitrogen and oxygen atoms in total. The lowest BCUT2D eigenvalue weighted by molar-refractivity contribution is -0.129. The van der Waals surface area contributed by atoms with Crippen LogP contribution in [0.1, 0.15) is 11.1 Å². The van der Waals surface area contributed by atoms with Gasteiger partial charge in [-0.2, -0.15) is 0 Å². The van der Waals surface area contributed by atoms with E-state index in [4.69, 9.17) is 16.3 Å². The number of halogens is 2. The SMILES string of the molecule is O=C1OC(c2cccc(Cl)c2)=NC1=Cc1cccc(I)c1. The Kier molecular flexibility index (Phi) is 4.07. The Hall–Kier alpha value is -1.66.